The summed E-state index contributed by atoms with van der Waals surface area (Å²) in [7, 11) is 1.50. The van der Waals surface area contributed by atoms with Crippen LogP contribution < -0.4 is 5.32 Å². The van der Waals surface area contributed by atoms with Crippen molar-refractivity contribution in [1.29, 1.82) is 0 Å². The summed E-state index contributed by atoms with van der Waals surface area (Å²) in [5.41, 5.74) is -0.282. The van der Waals surface area contributed by atoms with Gasteiger partial charge in [0.15, 0.2) is 0 Å². The van der Waals surface area contributed by atoms with Crippen molar-refractivity contribution < 1.29 is 31.1 Å². The van der Waals surface area contributed by atoms with Crippen molar-refractivity contribution in [3.05, 3.63) is 35.4 Å². The molecule has 1 unspecified atom stereocenters. The van der Waals surface area contributed by atoms with Gasteiger partial charge in [0.25, 0.3) is 0 Å². The number of likely N-dealkylation sites (N-methyl/N-ethyl adjacent to an activating group) is 1. The molecular weight excluding hydrogens is 326 g/mol. The van der Waals surface area contributed by atoms with Gasteiger partial charge in [-0.1, -0.05) is 12.1 Å². The van der Waals surface area contributed by atoms with Gasteiger partial charge >= 0.3 is 12.4 Å². The molecule has 0 spiro atoms. The van der Waals surface area contributed by atoms with Gasteiger partial charge in [-0.05, 0) is 31.7 Å². The number of alkyl halides is 6. The first-order chi connectivity index (χ1) is 10.4. The number of hydrogen-bond donors (Lipinski definition) is 1. The van der Waals surface area contributed by atoms with Gasteiger partial charge in [0, 0.05) is 6.54 Å². The molecule has 0 bridgehead atoms. The molecule has 0 aliphatic heterocycles. The van der Waals surface area contributed by atoms with Crippen LogP contribution in [0.5, 0.6) is 0 Å². The van der Waals surface area contributed by atoms with Crippen LogP contribution in [0.4, 0.5) is 26.3 Å². The summed E-state index contributed by atoms with van der Waals surface area (Å²) < 4.78 is 73.4. The van der Waals surface area contributed by atoms with E-state index in [1.54, 1.807) is 5.32 Å². The number of rotatable bonds is 5. The lowest BCUT2D eigenvalue weighted by molar-refractivity contribution is -0.141. The maximum atomic E-state index is 12.4. The average molecular weight is 342 g/mol. The largest absolute Gasteiger partial charge is 0.416 e. The molecule has 3 nitrogen and oxygen atoms in total. The molecule has 0 aliphatic carbocycles. The van der Waals surface area contributed by atoms with E-state index in [1.807, 2.05) is 0 Å². The molecule has 1 amide bonds. The highest BCUT2D eigenvalue weighted by molar-refractivity contribution is 5.81. The molecule has 1 atom stereocenters. The van der Waals surface area contributed by atoms with Crippen LogP contribution >= 0.6 is 0 Å². The fourth-order valence-corrected chi connectivity index (χ4v) is 1.76. The number of benzene rings is 1. The number of nitrogens with one attached hydrogen (secondary N) is 1. The Bertz CT molecular complexity index is 524. The Labute approximate surface area is 129 Å². The molecule has 0 aliphatic rings. The topological polar surface area (TPSA) is 32.3 Å². The Morgan fingerprint density at radius 1 is 1.13 bits per heavy atom. The van der Waals surface area contributed by atoms with Crippen molar-refractivity contribution in [2.75, 3.05) is 13.6 Å². The summed E-state index contributed by atoms with van der Waals surface area (Å²) in [5, 5.41) is 1.76. The maximum Gasteiger partial charge on any atom is 0.416 e. The number of carbonyl (C=O) groups excluding carboxylic acids is 1. The Morgan fingerprint density at radius 2 is 1.65 bits per heavy atom. The van der Waals surface area contributed by atoms with Crippen LogP contribution in [-0.2, 0) is 17.5 Å². The number of halogens is 6. The molecule has 1 aromatic rings. The van der Waals surface area contributed by atoms with Crippen LogP contribution in [0.1, 0.15) is 18.1 Å². The first kappa shape index (κ1) is 19.3. The van der Waals surface area contributed by atoms with Crippen molar-refractivity contribution in [2.45, 2.75) is 31.9 Å². The van der Waals surface area contributed by atoms with Gasteiger partial charge in [-0.2, -0.15) is 26.3 Å². The Morgan fingerprint density at radius 3 is 2.09 bits per heavy atom. The van der Waals surface area contributed by atoms with Gasteiger partial charge < -0.3 is 5.32 Å². The normalized spacial score (nSPS) is 14.0. The highest BCUT2D eigenvalue weighted by atomic mass is 19.4. The van der Waals surface area contributed by atoms with Crippen LogP contribution in [0.25, 0.3) is 0 Å². The van der Waals surface area contributed by atoms with Gasteiger partial charge in [0.1, 0.15) is 6.54 Å². The zero-order valence-corrected chi connectivity index (χ0v) is 12.4. The first-order valence-electron chi connectivity index (χ1n) is 6.61. The molecule has 1 aromatic carbocycles. The molecule has 0 saturated heterocycles. The van der Waals surface area contributed by atoms with E-state index in [-0.39, 0.29) is 6.54 Å². The summed E-state index contributed by atoms with van der Waals surface area (Å²) in [6.07, 6.45) is -8.93. The highest BCUT2D eigenvalue weighted by Crippen LogP contribution is 2.29. The van der Waals surface area contributed by atoms with Crippen LogP contribution in [-0.4, -0.2) is 36.6 Å². The third kappa shape index (κ3) is 6.47. The quantitative estimate of drug-likeness (QED) is 0.834. The second kappa shape index (κ2) is 7.20. The number of hydrogen-bond acceptors (Lipinski definition) is 2. The predicted molar refractivity (Wildman–Crippen MR) is 71.4 cm³/mol. The summed E-state index contributed by atoms with van der Waals surface area (Å²) in [4.78, 5) is 13.0. The van der Waals surface area contributed by atoms with E-state index in [0.29, 0.717) is 5.56 Å². The molecule has 23 heavy (non-hydrogen) atoms. The SMILES string of the molecule is CC(C(=O)NCC(F)(F)F)N(C)Cc1ccc(C(F)(F)F)cc1. The van der Waals surface area contributed by atoms with Crippen molar-refractivity contribution >= 4 is 5.91 Å². The van der Waals surface area contributed by atoms with Crippen LogP contribution in [0, 0.1) is 0 Å². The number of carbonyl (C=O) groups is 1. The van der Waals surface area contributed by atoms with Gasteiger partial charge in [-0.25, -0.2) is 0 Å². The minimum Gasteiger partial charge on any atom is -0.346 e. The number of amides is 1. The molecule has 0 saturated carbocycles. The molecular formula is C14H16F6N2O. The maximum absolute atomic E-state index is 12.4. The Hall–Kier alpha value is -1.77. The minimum absolute atomic E-state index is 0.124. The van der Waals surface area contributed by atoms with E-state index in [1.165, 1.54) is 31.0 Å². The van der Waals surface area contributed by atoms with Gasteiger partial charge in [0.05, 0.1) is 11.6 Å². The molecule has 0 fully saturated rings. The summed E-state index contributed by atoms with van der Waals surface area (Å²) in [5.74, 6) is -0.809. The molecule has 0 heterocycles. The molecule has 9 heteroatoms. The van der Waals surface area contributed by atoms with Crippen molar-refractivity contribution in [3.8, 4) is 0 Å². The van der Waals surface area contributed by atoms with Gasteiger partial charge in [0.2, 0.25) is 5.91 Å². The van der Waals surface area contributed by atoms with Crippen molar-refractivity contribution in [1.82, 2.24) is 10.2 Å². The fourth-order valence-electron chi connectivity index (χ4n) is 1.76. The molecule has 0 aromatic heterocycles. The Balaban J connectivity index is 2.61. The lowest BCUT2D eigenvalue weighted by Crippen LogP contribution is -2.45. The summed E-state index contributed by atoms with van der Waals surface area (Å²) in [6.45, 7) is 0.110. The lowest BCUT2D eigenvalue weighted by Gasteiger charge is -2.24. The van der Waals surface area contributed by atoms with Crippen LogP contribution in [0.15, 0.2) is 24.3 Å². The van der Waals surface area contributed by atoms with E-state index in [4.69, 9.17) is 0 Å². The van der Waals surface area contributed by atoms with Crippen molar-refractivity contribution in [3.63, 3.8) is 0 Å². The van der Waals surface area contributed by atoms with E-state index >= 15 is 0 Å². The zero-order valence-electron chi connectivity index (χ0n) is 12.4. The van der Waals surface area contributed by atoms with E-state index in [0.717, 1.165) is 12.1 Å². The lowest BCUT2D eigenvalue weighted by atomic mass is 10.1. The van der Waals surface area contributed by atoms with Crippen LogP contribution in [0.3, 0.4) is 0 Å². The summed E-state index contributed by atoms with van der Waals surface area (Å²) in [6, 6.07) is 3.49. The standard InChI is InChI=1S/C14H16F6N2O/c1-9(12(23)21-8-13(15,16)17)22(2)7-10-3-5-11(6-4-10)14(18,19)20/h3-6,9H,7-8H2,1-2H3,(H,21,23). The summed E-state index contributed by atoms with van der Waals surface area (Å²) >= 11 is 0. The van der Waals surface area contributed by atoms with E-state index < -0.39 is 36.4 Å². The number of nitrogens with zero attached hydrogens (tertiary/aromatic N) is 1. The Kier molecular flexibility index (Phi) is 6.04. The monoisotopic (exact) mass is 342 g/mol. The van der Waals surface area contributed by atoms with E-state index in [2.05, 4.69) is 0 Å². The molecule has 0 radical (unpaired) electrons. The first-order valence-corrected chi connectivity index (χ1v) is 6.61. The molecule has 1 N–H and O–H groups in total. The minimum atomic E-state index is -4.50. The highest BCUT2D eigenvalue weighted by Gasteiger charge is 2.31. The third-order valence-electron chi connectivity index (χ3n) is 3.22. The molecule has 130 valence electrons. The fraction of sp³-hybridized carbons (Fsp3) is 0.500. The van der Waals surface area contributed by atoms with E-state index in [9.17, 15) is 31.1 Å². The zero-order chi connectivity index (χ0) is 17.8. The van der Waals surface area contributed by atoms with Crippen molar-refractivity contribution in [2.24, 2.45) is 0 Å². The van der Waals surface area contributed by atoms with Gasteiger partial charge in [-0.15, -0.1) is 0 Å². The second-order valence-electron chi connectivity index (χ2n) is 5.12. The molecule has 1 rings (SSSR count). The average Bonchev–Trinajstić information content (AvgIpc) is 2.42. The second-order valence-corrected chi connectivity index (χ2v) is 5.12. The van der Waals surface area contributed by atoms with Crippen LogP contribution in [0.2, 0.25) is 0 Å². The van der Waals surface area contributed by atoms with Gasteiger partial charge in [-0.3, -0.25) is 9.69 Å². The predicted octanol–water partition coefficient (Wildman–Crippen LogP) is 3.20. The third-order valence-corrected chi connectivity index (χ3v) is 3.22. The smallest absolute Gasteiger partial charge is 0.346 e.